The third kappa shape index (κ3) is 3.14. The van der Waals surface area contributed by atoms with E-state index < -0.39 is 5.54 Å². The Morgan fingerprint density at radius 2 is 1.71 bits per heavy atom. The quantitative estimate of drug-likeness (QED) is 0.524. The van der Waals surface area contributed by atoms with Crippen LogP contribution in [0.4, 0.5) is 5.69 Å². The van der Waals surface area contributed by atoms with Gasteiger partial charge >= 0.3 is 0 Å². The molecule has 1 aromatic carbocycles. The number of nitrogens with zero attached hydrogens (tertiary/aromatic N) is 3. The normalized spacial score (nSPS) is 12.0. The van der Waals surface area contributed by atoms with Crippen LogP contribution >= 0.6 is 0 Å². The fourth-order valence-electron chi connectivity index (χ4n) is 0.721. The molecule has 4 nitrogen and oxygen atoms in total. The molecule has 0 heterocycles. The van der Waals surface area contributed by atoms with Gasteiger partial charge in [0.05, 0.1) is 11.2 Å². The molecule has 0 aliphatic carbocycles. The van der Waals surface area contributed by atoms with E-state index in [1.807, 2.05) is 18.2 Å². The molecule has 0 bridgehead atoms. The molecule has 1 rings (SSSR count). The van der Waals surface area contributed by atoms with Crippen molar-refractivity contribution in [2.24, 2.45) is 10.3 Å². The Morgan fingerprint density at radius 3 is 2.21 bits per heavy atom. The standard InChI is InChI=1S/C10H14N3O/c1-10(2,3)13(14)12-11-9-7-5-4-6-8-9/h4-8H,1-3H3. The molecule has 0 unspecified atom stereocenters. The predicted octanol–water partition coefficient (Wildman–Crippen LogP) is 3.13. The van der Waals surface area contributed by atoms with Crippen LogP contribution in [0, 0.1) is 0 Å². The maximum Gasteiger partial charge on any atom is 0.0875 e. The summed E-state index contributed by atoms with van der Waals surface area (Å²) in [5.41, 5.74) is 0.135. The summed E-state index contributed by atoms with van der Waals surface area (Å²) in [7, 11) is 0. The smallest absolute Gasteiger partial charge is 0.0875 e. The van der Waals surface area contributed by atoms with E-state index in [0.29, 0.717) is 10.9 Å². The van der Waals surface area contributed by atoms with Crippen LogP contribution < -0.4 is 0 Å². The van der Waals surface area contributed by atoms with Crippen LogP contribution in [0.1, 0.15) is 20.8 Å². The minimum Gasteiger partial charge on any atom is -0.131 e. The first-order valence-corrected chi connectivity index (χ1v) is 4.44. The van der Waals surface area contributed by atoms with Gasteiger partial charge in [-0.1, -0.05) is 23.4 Å². The zero-order chi connectivity index (χ0) is 10.6. The van der Waals surface area contributed by atoms with Crippen molar-refractivity contribution in [3.05, 3.63) is 30.3 Å². The average Bonchev–Trinajstić information content (AvgIpc) is 2.14. The van der Waals surface area contributed by atoms with Crippen LogP contribution in [0.25, 0.3) is 0 Å². The van der Waals surface area contributed by atoms with Crippen molar-refractivity contribution < 1.29 is 5.21 Å². The van der Waals surface area contributed by atoms with Crippen molar-refractivity contribution >= 4 is 5.69 Å². The molecular formula is C10H14N3O. The highest BCUT2D eigenvalue weighted by atomic mass is 16.5. The lowest BCUT2D eigenvalue weighted by Gasteiger charge is -2.21. The minimum absolute atomic E-state index is 0.543. The summed E-state index contributed by atoms with van der Waals surface area (Å²) in [6, 6.07) is 9.17. The number of benzene rings is 1. The number of rotatable bonds is 2. The van der Waals surface area contributed by atoms with E-state index in [2.05, 4.69) is 10.3 Å². The van der Waals surface area contributed by atoms with Crippen molar-refractivity contribution in [2.45, 2.75) is 26.3 Å². The SMILES string of the molecule is CC(C)(C)N([O])N=Nc1ccccc1. The topological polar surface area (TPSA) is 47.9 Å². The summed E-state index contributed by atoms with van der Waals surface area (Å²) in [5.74, 6) is 0. The molecule has 1 aromatic rings. The minimum atomic E-state index is -0.543. The molecule has 0 spiro atoms. The zero-order valence-electron chi connectivity index (χ0n) is 8.64. The predicted molar refractivity (Wildman–Crippen MR) is 53.2 cm³/mol. The molecule has 0 saturated heterocycles. The molecule has 0 saturated carbocycles. The Hall–Kier alpha value is -1.42. The highest BCUT2D eigenvalue weighted by Gasteiger charge is 2.19. The summed E-state index contributed by atoms with van der Waals surface area (Å²) < 4.78 is 0. The van der Waals surface area contributed by atoms with Crippen LogP contribution in [0.5, 0.6) is 0 Å². The lowest BCUT2D eigenvalue weighted by Crippen LogP contribution is -2.32. The lowest BCUT2D eigenvalue weighted by atomic mass is 10.1. The zero-order valence-corrected chi connectivity index (χ0v) is 8.64. The van der Waals surface area contributed by atoms with Gasteiger partial charge in [-0.15, -0.1) is 10.3 Å². The van der Waals surface area contributed by atoms with Crippen molar-refractivity contribution in [3.63, 3.8) is 0 Å². The molecule has 0 N–H and O–H groups in total. The Labute approximate surface area is 83.8 Å². The molecule has 0 aromatic heterocycles. The van der Waals surface area contributed by atoms with Crippen molar-refractivity contribution in [1.29, 1.82) is 0 Å². The molecule has 0 atom stereocenters. The van der Waals surface area contributed by atoms with E-state index in [9.17, 15) is 5.21 Å². The van der Waals surface area contributed by atoms with E-state index in [-0.39, 0.29) is 0 Å². The Bertz CT molecular complexity index is 303. The third-order valence-electron chi connectivity index (χ3n) is 1.57. The van der Waals surface area contributed by atoms with Crippen LogP contribution in [-0.2, 0) is 5.21 Å². The van der Waals surface area contributed by atoms with Gasteiger partial charge in [0.15, 0.2) is 0 Å². The van der Waals surface area contributed by atoms with Gasteiger partial charge in [0.25, 0.3) is 0 Å². The molecule has 4 heteroatoms. The van der Waals surface area contributed by atoms with E-state index in [1.165, 1.54) is 0 Å². The Balaban J connectivity index is 2.66. The second kappa shape index (κ2) is 4.19. The van der Waals surface area contributed by atoms with Crippen LogP contribution in [0.3, 0.4) is 0 Å². The van der Waals surface area contributed by atoms with E-state index in [0.717, 1.165) is 0 Å². The highest BCUT2D eigenvalue weighted by Crippen LogP contribution is 2.15. The first kappa shape index (κ1) is 10.7. The van der Waals surface area contributed by atoms with Gasteiger partial charge < -0.3 is 0 Å². The molecule has 75 valence electrons. The van der Waals surface area contributed by atoms with Gasteiger partial charge in [0, 0.05) is 0 Å². The van der Waals surface area contributed by atoms with Gasteiger partial charge in [-0.2, -0.15) is 0 Å². The van der Waals surface area contributed by atoms with Crippen LogP contribution in [-0.4, -0.2) is 10.7 Å². The molecule has 0 fully saturated rings. The molecule has 0 amide bonds. The summed E-state index contributed by atoms with van der Waals surface area (Å²) in [5, 5.41) is 19.3. The number of hydroxylamine groups is 1. The fourth-order valence-corrected chi connectivity index (χ4v) is 0.721. The lowest BCUT2D eigenvalue weighted by molar-refractivity contribution is -0.217. The highest BCUT2D eigenvalue weighted by molar-refractivity contribution is 5.34. The second-order valence-corrected chi connectivity index (χ2v) is 3.97. The van der Waals surface area contributed by atoms with Gasteiger partial charge in [-0.05, 0) is 38.1 Å². The summed E-state index contributed by atoms with van der Waals surface area (Å²) in [6.45, 7) is 5.35. The van der Waals surface area contributed by atoms with Crippen LogP contribution in [0.15, 0.2) is 40.7 Å². The first-order valence-electron chi connectivity index (χ1n) is 4.44. The largest absolute Gasteiger partial charge is 0.131 e. The average molecular weight is 192 g/mol. The molecule has 0 aliphatic rings. The summed E-state index contributed by atoms with van der Waals surface area (Å²) in [4.78, 5) is 0. The van der Waals surface area contributed by atoms with Crippen molar-refractivity contribution in [3.8, 4) is 0 Å². The third-order valence-corrected chi connectivity index (χ3v) is 1.57. The second-order valence-electron chi connectivity index (χ2n) is 3.97. The number of hydrogen-bond acceptors (Lipinski definition) is 2. The van der Waals surface area contributed by atoms with E-state index in [1.54, 1.807) is 32.9 Å². The molecule has 1 radical (unpaired) electrons. The monoisotopic (exact) mass is 192 g/mol. The maximum absolute atomic E-state index is 11.3. The summed E-state index contributed by atoms with van der Waals surface area (Å²) >= 11 is 0. The Morgan fingerprint density at radius 1 is 1.14 bits per heavy atom. The van der Waals surface area contributed by atoms with Gasteiger partial charge in [-0.25, -0.2) is 0 Å². The van der Waals surface area contributed by atoms with Gasteiger partial charge in [-0.3, -0.25) is 0 Å². The molecular weight excluding hydrogens is 178 g/mol. The first-order chi connectivity index (χ1) is 6.50. The van der Waals surface area contributed by atoms with Gasteiger partial charge in [0.1, 0.15) is 0 Å². The van der Waals surface area contributed by atoms with E-state index >= 15 is 0 Å². The van der Waals surface area contributed by atoms with Crippen molar-refractivity contribution in [2.75, 3.05) is 0 Å². The van der Waals surface area contributed by atoms with Gasteiger partial charge in [0.2, 0.25) is 0 Å². The van der Waals surface area contributed by atoms with E-state index in [4.69, 9.17) is 0 Å². The fraction of sp³-hybridized carbons (Fsp3) is 0.400. The maximum atomic E-state index is 11.3. The van der Waals surface area contributed by atoms with Crippen LogP contribution in [0.2, 0.25) is 0 Å². The Kier molecular flexibility index (Phi) is 3.19. The molecule has 0 aliphatic heterocycles. The molecule has 14 heavy (non-hydrogen) atoms. The summed E-state index contributed by atoms with van der Waals surface area (Å²) in [6.07, 6.45) is 0. The number of hydrogen-bond donors (Lipinski definition) is 0. The van der Waals surface area contributed by atoms with Crippen molar-refractivity contribution in [1.82, 2.24) is 5.17 Å².